The van der Waals surface area contributed by atoms with E-state index in [0.29, 0.717) is 18.5 Å². The molecule has 0 aliphatic heterocycles. The van der Waals surface area contributed by atoms with E-state index in [9.17, 15) is 13.6 Å². The van der Waals surface area contributed by atoms with Crippen LogP contribution >= 0.6 is 0 Å². The van der Waals surface area contributed by atoms with Crippen LogP contribution in [0.2, 0.25) is 0 Å². The summed E-state index contributed by atoms with van der Waals surface area (Å²) in [7, 11) is 1.39. The first-order valence-corrected chi connectivity index (χ1v) is 8.02. The van der Waals surface area contributed by atoms with Crippen LogP contribution < -0.4 is 14.8 Å². The SMILES string of the molecule is CCc1ccc(C(=O)NCCc2ccc(OC)c(OC(F)F)c2)cc1. The minimum Gasteiger partial charge on any atom is -0.493 e. The lowest BCUT2D eigenvalue weighted by molar-refractivity contribution is -0.0512. The van der Waals surface area contributed by atoms with Crippen LogP contribution in [0.1, 0.15) is 28.4 Å². The smallest absolute Gasteiger partial charge is 0.387 e. The second-order valence-corrected chi connectivity index (χ2v) is 5.42. The summed E-state index contributed by atoms with van der Waals surface area (Å²) in [6.07, 6.45) is 1.41. The van der Waals surface area contributed by atoms with Crippen molar-refractivity contribution in [2.24, 2.45) is 0 Å². The van der Waals surface area contributed by atoms with Gasteiger partial charge in [-0.2, -0.15) is 8.78 Å². The van der Waals surface area contributed by atoms with E-state index < -0.39 is 6.61 Å². The predicted molar refractivity (Wildman–Crippen MR) is 91.5 cm³/mol. The largest absolute Gasteiger partial charge is 0.493 e. The Hall–Kier alpha value is -2.63. The number of methoxy groups -OCH3 is 1. The van der Waals surface area contributed by atoms with Crippen molar-refractivity contribution in [3.05, 3.63) is 59.2 Å². The fourth-order valence-electron chi connectivity index (χ4n) is 2.38. The lowest BCUT2D eigenvalue weighted by Crippen LogP contribution is -2.25. The molecule has 0 aliphatic rings. The molecule has 0 bridgehead atoms. The fourth-order valence-corrected chi connectivity index (χ4v) is 2.38. The number of nitrogens with one attached hydrogen (secondary N) is 1. The second kappa shape index (κ2) is 9.01. The van der Waals surface area contributed by atoms with E-state index in [1.54, 1.807) is 24.3 Å². The maximum atomic E-state index is 12.4. The summed E-state index contributed by atoms with van der Waals surface area (Å²) in [5.41, 5.74) is 2.52. The summed E-state index contributed by atoms with van der Waals surface area (Å²) in [6.45, 7) is -0.486. The molecule has 2 aromatic carbocycles. The maximum absolute atomic E-state index is 12.4. The number of rotatable bonds is 8. The van der Waals surface area contributed by atoms with Crippen LogP contribution in [-0.2, 0) is 12.8 Å². The van der Waals surface area contributed by atoms with Gasteiger partial charge in [0.15, 0.2) is 11.5 Å². The molecule has 25 heavy (non-hydrogen) atoms. The van der Waals surface area contributed by atoms with E-state index in [-0.39, 0.29) is 17.4 Å². The fraction of sp³-hybridized carbons (Fsp3) is 0.316. The predicted octanol–water partition coefficient (Wildman–Crippen LogP) is 3.83. The molecule has 0 saturated carbocycles. The summed E-state index contributed by atoms with van der Waals surface area (Å²) in [6, 6.07) is 12.2. The first-order chi connectivity index (χ1) is 12.0. The van der Waals surface area contributed by atoms with Gasteiger partial charge in [-0.1, -0.05) is 25.1 Å². The molecule has 6 heteroatoms. The molecule has 0 heterocycles. The molecule has 1 amide bonds. The number of carbonyl (C=O) groups is 1. The molecular weight excluding hydrogens is 328 g/mol. The average molecular weight is 349 g/mol. The highest BCUT2D eigenvalue weighted by Crippen LogP contribution is 2.29. The van der Waals surface area contributed by atoms with Crippen molar-refractivity contribution in [3.63, 3.8) is 0 Å². The van der Waals surface area contributed by atoms with Crippen LogP contribution in [0.5, 0.6) is 11.5 Å². The Labute approximate surface area is 145 Å². The van der Waals surface area contributed by atoms with Crippen molar-refractivity contribution >= 4 is 5.91 Å². The highest BCUT2D eigenvalue weighted by molar-refractivity contribution is 5.94. The zero-order valence-corrected chi connectivity index (χ0v) is 14.2. The van der Waals surface area contributed by atoms with Crippen LogP contribution in [0.4, 0.5) is 8.78 Å². The van der Waals surface area contributed by atoms with Crippen LogP contribution in [0.3, 0.4) is 0 Å². The lowest BCUT2D eigenvalue weighted by atomic mass is 10.1. The molecule has 0 aromatic heterocycles. The van der Waals surface area contributed by atoms with Crippen molar-refractivity contribution in [1.82, 2.24) is 5.32 Å². The molecule has 0 saturated heterocycles. The highest BCUT2D eigenvalue weighted by atomic mass is 19.3. The minimum absolute atomic E-state index is 0.0171. The maximum Gasteiger partial charge on any atom is 0.387 e. The zero-order chi connectivity index (χ0) is 18.2. The van der Waals surface area contributed by atoms with Crippen molar-refractivity contribution < 1.29 is 23.0 Å². The summed E-state index contributed by atoms with van der Waals surface area (Å²) in [4.78, 5) is 12.1. The van der Waals surface area contributed by atoms with Crippen LogP contribution in [-0.4, -0.2) is 26.2 Å². The minimum atomic E-state index is -2.92. The summed E-state index contributed by atoms with van der Waals surface area (Å²) in [5.74, 6) is 0.0563. The Morgan fingerprint density at radius 2 is 1.76 bits per heavy atom. The number of amides is 1. The lowest BCUT2D eigenvalue weighted by Gasteiger charge is -2.12. The van der Waals surface area contributed by atoms with Crippen molar-refractivity contribution in [1.29, 1.82) is 0 Å². The van der Waals surface area contributed by atoms with Crippen molar-refractivity contribution in [2.45, 2.75) is 26.4 Å². The quantitative estimate of drug-likeness (QED) is 0.788. The Bertz CT molecular complexity index is 702. The van der Waals surface area contributed by atoms with E-state index in [0.717, 1.165) is 12.0 Å². The van der Waals surface area contributed by atoms with Gasteiger partial charge in [-0.3, -0.25) is 4.79 Å². The van der Waals surface area contributed by atoms with Gasteiger partial charge in [0.2, 0.25) is 0 Å². The molecule has 0 unspecified atom stereocenters. The molecule has 0 radical (unpaired) electrons. The van der Waals surface area contributed by atoms with Gasteiger partial charge < -0.3 is 14.8 Å². The topological polar surface area (TPSA) is 47.6 Å². The number of hydrogen-bond donors (Lipinski definition) is 1. The normalized spacial score (nSPS) is 10.6. The van der Waals surface area contributed by atoms with Crippen molar-refractivity contribution in [2.75, 3.05) is 13.7 Å². The third-order valence-corrected chi connectivity index (χ3v) is 3.77. The number of benzene rings is 2. The average Bonchev–Trinajstić information content (AvgIpc) is 2.61. The van der Waals surface area contributed by atoms with Gasteiger partial charge in [0.25, 0.3) is 5.91 Å². The zero-order valence-electron chi connectivity index (χ0n) is 14.2. The number of alkyl halides is 2. The van der Waals surface area contributed by atoms with E-state index in [4.69, 9.17) is 4.74 Å². The van der Waals surface area contributed by atoms with E-state index in [1.807, 2.05) is 12.1 Å². The van der Waals surface area contributed by atoms with Crippen LogP contribution in [0.15, 0.2) is 42.5 Å². The number of hydrogen-bond acceptors (Lipinski definition) is 3. The number of aryl methyl sites for hydroxylation is 1. The standard InChI is InChI=1S/C19H21F2NO3/c1-3-13-4-7-15(8-5-13)18(23)22-11-10-14-6-9-16(24-2)17(12-14)25-19(20)21/h4-9,12,19H,3,10-11H2,1-2H3,(H,22,23). The molecule has 4 nitrogen and oxygen atoms in total. The molecule has 0 fully saturated rings. The summed E-state index contributed by atoms with van der Waals surface area (Å²) < 4.78 is 34.3. The molecule has 2 rings (SSSR count). The number of ether oxygens (including phenoxy) is 2. The van der Waals surface area contributed by atoms with Gasteiger partial charge in [0, 0.05) is 12.1 Å². The molecule has 2 aromatic rings. The van der Waals surface area contributed by atoms with Crippen LogP contribution in [0.25, 0.3) is 0 Å². The monoisotopic (exact) mass is 349 g/mol. The van der Waals surface area contributed by atoms with Gasteiger partial charge in [0.05, 0.1) is 7.11 Å². The Morgan fingerprint density at radius 3 is 2.36 bits per heavy atom. The van der Waals surface area contributed by atoms with Gasteiger partial charge in [-0.05, 0) is 48.2 Å². The van der Waals surface area contributed by atoms with Gasteiger partial charge in [0.1, 0.15) is 0 Å². The summed E-state index contributed by atoms with van der Waals surface area (Å²) >= 11 is 0. The van der Waals surface area contributed by atoms with E-state index in [1.165, 1.54) is 18.7 Å². The second-order valence-electron chi connectivity index (χ2n) is 5.42. The Morgan fingerprint density at radius 1 is 1.08 bits per heavy atom. The summed E-state index contributed by atoms with van der Waals surface area (Å²) in [5, 5.41) is 2.81. The highest BCUT2D eigenvalue weighted by Gasteiger charge is 2.11. The molecule has 1 N–H and O–H groups in total. The Kier molecular flexibility index (Phi) is 6.74. The van der Waals surface area contributed by atoms with Gasteiger partial charge in [-0.15, -0.1) is 0 Å². The third kappa shape index (κ3) is 5.45. The van der Waals surface area contributed by atoms with Gasteiger partial charge in [-0.25, -0.2) is 0 Å². The molecule has 0 aliphatic carbocycles. The van der Waals surface area contributed by atoms with E-state index >= 15 is 0 Å². The Balaban J connectivity index is 1.93. The first kappa shape index (κ1) is 18.7. The number of halogens is 2. The number of carbonyl (C=O) groups excluding carboxylic acids is 1. The molecule has 0 spiro atoms. The van der Waals surface area contributed by atoms with Gasteiger partial charge >= 0.3 is 6.61 Å². The molecule has 134 valence electrons. The molecule has 0 atom stereocenters. The molecular formula is C19H21F2NO3. The third-order valence-electron chi connectivity index (χ3n) is 3.77. The van der Waals surface area contributed by atoms with E-state index in [2.05, 4.69) is 17.0 Å². The van der Waals surface area contributed by atoms with Crippen LogP contribution in [0, 0.1) is 0 Å². The first-order valence-electron chi connectivity index (χ1n) is 8.02. The van der Waals surface area contributed by atoms with Crippen molar-refractivity contribution in [3.8, 4) is 11.5 Å².